The minimum Gasteiger partial charge on any atom is -0.478 e. The van der Waals surface area contributed by atoms with Gasteiger partial charge < -0.3 is 5.11 Å². The first kappa shape index (κ1) is 13.8. The molecule has 6 heteroatoms. The van der Waals surface area contributed by atoms with Crippen molar-refractivity contribution in [2.45, 2.75) is 6.54 Å². The van der Waals surface area contributed by atoms with Crippen LogP contribution in [0.3, 0.4) is 0 Å². The summed E-state index contributed by atoms with van der Waals surface area (Å²) in [5.74, 6) is -0.969. The van der Waals surface area contributed by atoms with E-state index in [2.05, 4.69) is 0 Å². The van der Waals surface area contributed by atoms with Crippen LogP contribution in [0.2, 0.25) is 0 Å². The first-order chi connectivity index (χ1) is 10.1. The number of thiophene rings is 1. The molecule has 0 aliphatic heterocycles. The van der Waals surface area contributed by atoms with Gasteiger partial charge in [-0.2, -0.15) is 0 Å². The average Bonchev–Trinajstić information content (AvgIpc) is 3.03. The molecule has 0 saturated carbocycles. The maximum Gasteiger partial charge on any atom is 0.328 e. The van der Waals surface area contributed by atoms with Crippen LogP contribution >= 0.6 is 22.9 Å². The largest absolute Gasteiger partial charge is 0.478 e. The van der Waals surface area contributed by atoms with Crippen molar-refractivity contribution in [3.05, 3.63) is 62.6 Å². The van der Waals surface area contributed by atoms with Gasteiger partial charge in [-0.1, -0.05) is 23.7 Å². The highest BCUT2D eigenvalue weighted by Crippen LogP contribution is 2.21. The Kier molecular flexibility index (Phi) is 3.72. The highest BCUT2D eigenvalue weighted by atomic mass is 32.1. The fraction of sp³-hybridized carbons (Fsp3) is 0.0667. The van der Waals surface area contributed by atoms with Crippen molar-refractivity contribution in [1.29, 1.82) is 0 Å². The zero-order valence-corrected chi connectivity index (χ0v) is 12.5. The molecule has 0 unspecified atom stereocenters. The van der Waals surface area contributed by atoms with Crippen molar-refractivity contribution in [3.63, 3.8) is 0 Å². The Bertz CT molecular complexity index is 886. The summed E-state index contributed by atoms with van der Waals surface area (Å²) in [5.41, 5.74) is 0.859. The molecule has 1 aromatic carbocycles. The molecule has 2 aromatic heterocycles. The maximum absolute atomic E-state index is 12.2. The molecule has 3 aromatic rings. The lowest BCUT2D eigenvalue weighted by Crippen LogP contribution is -2.12. The van der Waals surface area contributed by atoms with Crippen LogP contribution in [-0.2, 0) is 11.3 Å². The summed E-state index contributed by atoms with van der Waals surface area (Å²) in [7, 11) is 0. The van der Waals surface area contributed by atoms with E-state index in [1.807, 2.05) is 35.7 Å². The van der Waals surface area contributed by atoms with Crippen LogP contribution in [-0.4, -0.2) is 15.0 Å². The summed E-state index contributed by atoms with van der Waals surface area (Å²) < 4.78 is 2.70. The van der Waals surface area contributed by atoms with Crippen LogP contribution in [0.5, 0.6) is 0 Å². The van der Waals surface area contributed by atoms with E-state index in [1.54, 1.807) is 10.0 Å². The van der Waals surface area contributed by atoms with E-state index in [0.717, 1.165) is 26.6 Å². The van der Waals surface area contributed by atoms with Gasteiger partial charge in [-0.25, -0.2) is 4.79 Å². The number of rotatable bonds is 4. The molecule has 1 N–H and O–H groups in total. The van der Waals surface area contributed by atoms with Gasteiger partial charge in [0.2, 0.25) is 0 Å². The fourth-order valence-electron chi connectivity index (χ4n) is 2.00. The van der Waals surface area contributed by atoms with Gasteiger partial charge in [0.15, 0.2) is 0 Å². The first-order valence-electron chi connectivity index (χ1n) is 6.21. The quantitative estimate of drug-likeness (QED) is 0.751. The Balaban J connectivity index is 1.87. The summed E-state index contributed by atoms with van der Waals surface area (Å²) >= 11 is 2.96. The Labute approximate surface area is 128 Å². The summed E-state index contributed by atoms with van der Waals surface area (Å²) in [6.07, 6.45) is 2.66. The van der Waals surface area contributed by atoms with Gasteiger partial charge in [-0.3, -0.25) is 8.75 Å². The Hall–Kier alpha value is -2.18. The number of hydrogen-bond acceptors (Lipinski definition) is 4. The second-order valence-corrected chi connectivity index (χ2v) is 6.51. The van der Waals surface area contributed by atoms with Crippen LogP contribution in [0.25, 0.3) is 16.2 Å². The molecule has 0 atom stereocenters. The molecule has 0 aliphatic rings. The highest BCUT2D eigenvalue weighted by Gasteiger charge is 2.08. The number of nitrogens with zero attached hydrogens (tertiary/aromatic N) is 1. The monoisotopic (exact) mass is 317 g/mol. The van der Waals surface area contributed by atoms with E-state index in [-0.39, 0.29) is 5.56 Å². The minimum absolute atomic E-state index is 0.0200. The molecule has 0 spiro atoms. The number of carboxylic acid groups (broad SMARTS) is 1. The number of carbonyl (C=O) groups is 1. The van der Waals surface area contributed by atoms with Gasteiger partial charge in [0.05, 0.1) is 16.6 Å². The number of benzene rings is 1. The molecule has 21 heavy (non-hydrogen) atoms. The SMILES string of the molecule is O=C(O)/C=C/c1csc(Cn2sc3ccccc3c2=O)c1. The molecular formula is C15H11NO3S2. The minimum atomic E-state index is -0.969. The summed E-state index contributed by atoms with van der Waals surface area (Å²) in [4.78, 5) is 23.8. The fourth-order valence-corrected chi connectivity index (χ4v) is 3.94. The summed E-state index contributed by atoms with van der Waals surface area (Å²) in [6, 6.07) is 9.46. The molecule has 3 rings (SSSR count). The van der Waals surface area contributed by atoms with Gasteiger partial charge in [0, 0.05) is 11.0 Å². The van der Waals surface area contributed by atoms with Gasteiger partial charge in [-0.05, 0) is 35.2 Å². The summed E-state index contributed by atoms with van der Waals surface area (Å²) in [5, 5.41) is 11.2. The third kappa shape index (κ3) is 2.96. The third-order valence-corrected chi connectivity index (χ3v) is 4.95. The highest BCUT2D eigenvalue weighted by molar-refractivity contribution is 7.14. The third-order valence-electron chi connectivity index (χ3n) is 2.94. The topological polar surface area (TPSA) is 59.3 Å². The number of fused-ring (bicyclic) bond motifs is 1. The molecular weight excluding hydrogens is 306 g/mol. The molecule has 0 saturated heterocycles. The standard InChI is InChI=1S/C15H11NO3S2/c17-14(18)6-5-10-7-11(20-9-10)8-16-15(19)12-3-1-2-4-13(12)21-16/h1-7,9H,8H2,(H,17,18)/b6-5+. The van der Waals surface area contributed by atoms with Crippen molar-refractivity contribution in [2.75, 3.05) is 0 Å². The normalized spacial score (nSPS) is 11.4. The molecule has 0 aliphatic carbocycles. The van der Waals surface area contributed by atoms with E-state index >= 15 is 0 Å². The van der Waals surface area contributed by atoms with Crippen LogP contribution < -0.4 is 5.56 Å². The average molecular weight is 317 g/mol. The van der Waals surface area contributed by atoms with Gasteiger partial charge in [0.1, 0.15) is 0 Å². The lowest BCUT2D eigenvalue weighted by atomic mass is 10.3. The Morgan fingerprint density at radius 2 is 2.14 bits per heavy atom. The second kappa shape index (κ2) is 5.67. The molecule has 4 nitrogen and oxygen atoms in total. The van der Waals surface area contributed by atoms with Gasteiger partial charge in [-0.15, -0.1) is 11.3 Å². The summed E-state index contributed by atoms with van der Waals surface area (Å²) in [6.45, 7) is 0.518. The Morgan fingerprint density at radius 3 is 2.90 bits per heavy atom. The molecule has 0 amide bonds. The van der Waals surface area contributed by atoms with Gasteiger partial charge >= 0.3 is 5.97 Å². The van der Waals surface area contributed by atoms with E-state index < -0.39 is 5.97 Å². The Morgan fingerprint density at radius 1 is 1.33 bits per heavy atom. The van der Waals surface area contributed by atoms with Crippen molar-refractivity contribution < 1.29 is 9.90 Å². The number of aliphatic carboxylic acids is 1. The van der Waals surface area contributed by atoms with Crippen molar-refractivity contribution >= 4 is 45.0 Å². The smallest absolute Gasteiger partial charge is 0.328 e. The van der Waals surface area contributed by atoms with Gasteiger partial charge in [0.25, 0.3) is 5.56 Å². The number of carboxylic acids is 1. The number of aromatic nitrogens is 1. The first-order valence-corrected chi connectivity index (χ1v) is 7.86. The number of hydrogen-bond donors (Lipinski definition) is 1. The molecule has 0 radical (unpaired) electrons. The zero-order valence-electron chi connectivity index (χ0n) is 10.9. The predicted octanol–water partition coefficient (Wildman–Crippen LogP) is 3.27. The van der Waals surface area contributed by atoms with Crippen molar-refractivity contribution in [2.24, 2.45) is 0 Å². The zero-order chi connectivity index (χ0) is 14.8. The van der Waals surface area contributed by atoms with Crippen LogP contribution in [0.1, 0.15) is 10.4 Å². The molecule has 0 fully saturated rings. The molecule has 0 bridgehead atoms. The lowest BCUT2D eigenvalue weighted by molar-refractivity contribution is -0.131. The lowest BCUT2D eigenvalue weighted by Gasteiger charge is -1.95. The van der Waals surface area contributed by atoms with Crippen LogP contribution in [0.4, 0.5) is 0 Å². The predicted molar refractivity (Wildman–Crippen MR) is 86.2 cm³/mol. The van der Waals surface area contributed by atoms with Crippen molar-refractivity contribution in [3.8, 4) is 0 Å². The van der Waals surface area contributed by atoms with E-state index in [9.17, 15) is 9.59 Å². The maximum atomic E-state index is 12.2. The second-order valence-electron chi connectivity index (χ2n) is 4.45. The van der Waals surface area contributed by atoms with Crippen LogP contribution in [0, 0.1) is 0 Å². The van der Waals surface area contributed by atoms with Crippen molar-refractivity contribution in [1.82, 2.24) is 3.96 Å². The molecule has 106 valence electrons. The molecule has 2 heterocycles. The van der Waals surface area contributed by atoms with E-state index in [1.165, 1.54) is 22.9 Å². The van der Waals surface area contributed by atoms with E-state index in [0.29, 0.717) is 6.54 Å². The van der Waals surface area contributed by atoms with Crippen LogP contribution in [0.15, 0.2) is 46.6 Å². The van der Waals surface area contributed by atoms with E-state index in [4.69, 9.17) is 5.11 Å².